The summed E-state index contributed by atoms with van der Waals surface area (Å²) in [6.07, 6.45) is 5.33. The molecule has 32 heavy (non-hydrogen) atoms. The average molecular weight is 443 g/mol. The summed E-state index contributed by atoms with van der Waals surface area (Å²) in [6.45, 7) is 0.718. The molecule has 0 bridgehead atoms. The molecule has 3 aromatic heterocycles. The normalized spacial score (nSPS) is 12.5. The van der Waals surface area contributed by atoms with E-state index in [2.05, 4.69) is 31.3 Å². The fourth-order valence-corrected chi connectivity index (χ4v) is 4.33. The quantitative estimate of drug-likeness (QED) is 0.382. The molecular weight excluding hydrogens is 424 g/mol. The highest BCUT2D eigenvalue weighted by atomic mass is 35.5. The second-order valence-electron chi connectivity index (χ2n) is 7.54. The first kappa shape index (κ1) is 20.1. The molecule has 1 amide bonds. The number of H-pyrrole nitrogens is 2. The lowest BCUT2D eigenvalue weighted by atomic mass is 9.93. The number of carbonyl (C=O) groups is 1. The van der Waals surface area contributed by atoms with E-state index in [-0.39, 0.29) is 18.3 Å². The number of rotatable bonds is 4. The van der Waals surface area contributed by atoms with Gasteiger partial charge in [-0.2, -0.15) is 0 Å². The molecule has 0 saturated carbocycles. The van der Waals surface area contributed by atoms with E-state index in [0.29, 0.717) is 11.4 Å². The van der Waals surface area contributed by atoms with Crippen LogP contribution < -0.4 is 5.32 Å². The Hall–Kier alpha value is -3.81. The second kappa shape index (κ2) is 7.71. The molecule has 0 aliphatic carbocycles. The number of para-hydroxylation sites is 1. The number of fused-ring (bicyclic) bond motifs is 3. The standard InChI is InChI=1S/C24H18N6O.ClH/c1-25-10-13-4-2-6-19-21(13)30-23(29-19)16-8-7-14(18-12-28-24(31)20(16)18)17-11-27-22-15(17)5-3-9-26-22;/h2-9,11-12,25H,10H2,1H3,(H,26,27)(H,29,30);1H. The van der Waals surface area contributed by atoms with E-state index in [1.165, 1.54) is 0 Å². The number of amides is 1. The average Bonchev–Trinajstić information content (AvgIpc) is 3.51. The summed E-state index contributed by atoms with van der Waals surface area (Å²) in [7, 11) is 1.91. The lowest BCUT2D eigenvalue weighted by Gasteiger charge is -2.09. The van der Waals surface area contributed by atoms with Gasteiger partial charge in [0.15, 0.2) is 0 Å². The predicted molar refractivity (Wildman–Crippen MR) is 129 cm³/mol. The number of benzene rings is 2. The first-order chi connectivity index (χ1) is 15.2. The molecule has 0 unspecified atom stereocenters. The van der Waals surface area contributed by atoms with Gasteiger partial charge in [-0.25, -0.2) is 15.0 Å². The van der Waals surface area contributed by atoms with E-state index < -0.39 is 0 Å². The van der Waals surface area contributed by atoms with Gasteiger partial charge in [-0.3, -0.25) is 4.79 Å². The van der Waals surface area contributed by atoms with E-state index in [9.17, 15) is 4.79 Å². The van der Waals surface area contributed by atoms with Crippen molar-refractivity contribution in [3.8, 4) is 22.5 Å². The Morgan fingerprint density at radius 2 is 1.91 bits per heavy atom. The van der Waals surface area contributed by atoms with Crippen LogP contribution in [-0.4, -0.2) is 39.1 Å². The smallest absolute Gasteiger partial charge is 0.278 e. The van der Waals surface area contributed by atoms with Crippen molar-refractivity contribution >= 4 is 46.6 Å². The number of halogens is 1. The van der Waals surface area contributed by atoms with Crippen LogP contribution in [-0.2, 0) is 6.54 Å². The summed E-state index contributed by atoms with van der Waals surface area (Å²) in [5, 5.41) is 4.18. The highest BCUT2D eigenvalue weighted by molar-refractivity contribution is 6.20. The van der Waals surface area contributed by atoms with Gasteiger partial charge in [0, 0.05) is 47.2 Å². The first-order valence-corrected chi connectivity index (χ1v) is 10.0. The molecule has 5 aromatic rings. The van der Waals surface area contributed by atoms with E-state index in [4.69, 9.17) is 4.98 Å². The fraction of sp³-hybridized carbons (Fsp3) is 0.0833. The van der Waals surface area contributed by atoms with Crippen LogP contribution in [0.25, 0.3) is 44.6 Å². The lowest BCUT2D eigenvalue weighted by Crippen LogP contribution is -2.05. The van der Waals surface area contributed by atoms with Gasteiger partial charge in [-0.05, 0) is 42.4 Å². The predicted octanol–water partition coefficient (Wildman–Crippen LogP) is 4.49. The van der Waals surface area contributed by atoms with Crippen molar-refractivity contribution in [1.29, 1.82) is 0 Å². The zero-order valence-corrected chi connectivity index (χ0v) is 18.0. The van der Waals surface area contributed by atoms with Gasteiger partial charge in [0.25, 0.3) is 5.91 Å². The second-order valence-corrected chi connectivity index (χ2v) is 7.54. The topological polar surface area (TPSA) is 98.8 Å². The summed E-state index contributed by atoms with van der Waals surface area (Å²) in [4.78, 5) is 32.7. The molecule has 158 valence electrons. The summed E-state index contributed by atoms with van der Waals surface area (Å²) in [6, 6.07) is 14.0. The Labute approximate surface area is 189 Å². The molecule has 3 N–H and O–H groups in total. The molecule has 4 heterocycles. The van der Waals surface area contributed by atoms with Crippen LogP contribution in [0.5, 0.6) is 0 Å². The molecule has 1 aliphatic heterocycles. The largest absolute Gasteiger partial charge is 0.346 e. The molecule has 0 spiro atoms. The molecule has 8 heteroatoms. The van der Waals surface area contributed by atoms with Crippen LogP contribution in [0, 0.1) is 0 Å². The van der Waals surface area contributed by atoms with Crippen molar-refractivity contribution in [2.45, 2.75) is 6.54 Å². The van der Waals surface area contributed by atoms with Gasteiger partial charge in [0.05, 0.1) is 16.6 Å². The lowest BCUT2D eigenvalue weighted by molar-refractivity contribution is 0.101. The molecular formula is C24H19ClN6O. The summed E-state index contributed by atoms with van der Waals surface area (Å²) in [5.41, 5.74) is 7.83. The number of pyridine rings is 1. The summed E-state index contributed by atoms with van der Waals surface area (Å²) >= 11 is 0. The van der Waals surface area contributed by atoms with Crippen molar-refractivity contribution in [3.63, 3.8) is 0 Å². The Kier molecular flexibility index (Phi) is 4.84. The number of hydrogen-bond donors (Lipinski definition) is 3. The van der Waals surface area contributed by atoms with Crippen molar-refractivity contribution in [1.82, 2.24) is 25.3 Å². The molecule has 6 rings (SSSR count). The third kappa shape index (κ3) is 2.94. The minimum absolute atomic E-state index is 0. The number of aromatic nitrogens is 4. The van der Waals surface area contributed by atoms with Gasteiger partial charge in [0.2, 0.25) is 0 Å². The fourth-order valence-electron chi connectivity index (χ4n) is 4.33. The third-order valence-electron chi connectivity index (χ3n) is 5.73. The van der Waals surface area contributed by atoms with Crippen molar-refractivity contribution in [2.75, 3.05) is 7.05 Å². The van der Waals surface area contributed by atoms with Gasteiger partial charge in [-0.15, -0.1) is 12.4 Å². The van der Waals surface area contributed by atoms with E-state index in [1.54, 1.807) is 12.4 Å². The van der Waals surface area contributed by atoms with Crippen LogP contribution in [0.2, 0.25) is 0 Å². The maximum atomic E-state index is 12.8. The van der Waals surface area contributed by atoms with Crippen LogP contribution in [0.4, 0.5) is 0 Å². The summed E-state index contributed by atoms with van der Waals surface area (Å²) in [5.74, 6) is 0.418. The Morgan fingerprint density at radius 1 is 1.03 bits per heavy atom. The monoisotopic (exact) mass is 442 g/mol. The maximum absolute atomic E-state index is 12.8. The molecule has 0 radical (unpaired) electrons. The number of imidazole rings is 1. The number of nitrogens with one attached hydrogen (secondary N) is 3. The summed E-state index contributed by atoms with van der Waals surface area (Å²) < 4.78 is 0. The minimum atomic E-state index is -0.249. The highest BCUT2D eigenvalue weighted by Gasteiger charge is 2.26. The molecule has 7 nitrogen and oxygen atoms in total. The molecule has 0 saturated heterocycles. The molecule has 2 aromatic carbocycles. The van der Waals surface area contributed by atoms with Crippen molar-refractivity contribution in [2.24, 2.45) is 4.99 Å². The third-order valence-corrected chi connectivity index (χ3v) is 5.73. The van der Waals surface area contributed by atoms with Crippen molar-refractivity contribution in [3.05, 3.63) is 71.5 Å². The number of hydrogen-bond acceptors (Lipinski definition) is 4. The Bertz CT molecular complexity index is 1530. The van der Waals surface area contributed by atoms with Crippen molar-refractivity contribution < 1.29 is 4.79 Å². The molecule has 1 aliphatic rings. The number of aliphatic imine (C=N–C) groups is 1. The van der Waals surface area contributed by atoms with Crippen LogP contribution in [0.1, 0.15) is 21.5 Å². The zero-order valence-electron chi connectivity index (χ0n) is 17.1. The van der Waals surface area contributed by atoms with Crippen LogP contribution >= 0.6 is 12.4 Å². The van der Waals surface area contributed by atoms with Gasteiger partial charge in [-0.1, -0.05) is 18.2 Å². The van der Waals surface area contributed by atoms with Gasteiger partial charge in [0.1, 0.15) is 11.5 Å². The minimum Gasteiger partial charge on any atom is -0.346 e. The van der Waals surface area contributed by atoms with E-state index >= 15 is 0 Å². The van der Waals surface area contributed by atoms with Crippen LogP contribution in [0.15, 0.2) is 59.9 Å². The van der Waals surface area contributed by atoms with Crippen LogP contribution in [0.3, 0.4) is 0 Å². The first-order valence-electron chi connectivity index (χ1n) is 10.0. The Balaban J connectivity index is 0.00000216. The maximum Gasteiger partial charge on any atom is 0.278 e. The Morgan fingerprint density at radius 3 is 2.78 bits per heavy atom. The number of nitrogens with zero attached hydrogens (tertiary/aromatic N) is 3. The highest BCUT2D eigenvalue weighted by Crippen LogP contribution is 2.37. The molecule has 0 fully saturated rings. The van der Waals surface area contributed by atoms with E-state index in [1.807, 2.05) is 49.6 Å². The van der Waals surface area contributed by atoms with Gasteiger partial charge < -0.3 is 15.3 Å². The number of carbonyl (C=O) groups excluding carboxylic acids is 1. The number of aromatic amines is 2. The SMILES string of the molecule is CNCc1cccc2[nH]c(-c3ccc(-c4c[nH]c5ncccc45)c4c3C(=O)N=C4)nc12.Cl. The molecule has 0 atom stereocenters. The zero-order chi connectivity index (χ0) is 20.9. The van der Waals surface area contributed by atoms with E-state index in [0.717, 1.165) is 56.4 Å². The van der Waals surface area contributed by atoms with Gasteiger partial charge >= 0.3 is 0 Å².